The zero-order valence-electron chi connectivity index (χ0n) is 16.0. The lowest BCUT2D eigenvalue weighted by molar-refractivity contribution is 0.148. The number of aromatic nitrogens is 3. The van der Waals surface area contributed by atoms with Crippen LogP contribution in [0.2, 0.25) is 0 Å². The Hall–Kier alpha value is -2.50. The number of pyridine rings is 1. The number of aryl methyl sites for hydroxylation is 1. The van der Waals surface area contributed by atoms with Gasteiger partial charge in [0, 0.05) is 69.5 Å². The van der Waals surface area contributed by atoms with Gasteiger partial charge in [0.1, 0.15) is 0 Å². The van der Waals surface area contributed by atoms with E-state index in [4.69, 9.17) is 4.98 Å². The van der Waals surface area contributed by atoms with Gasteiger partial charge in [-0.05, 0) is 41.9 Å². The van der Waals surface area contributed by atoms with Crippen LogP contribution >= 0.6 is 0 Å². The van der Waals surface area contributed by atoms with E-state index in [-0.39, 0.29) is 0 Å². The van der Waals surface area contributed by atoms with Crippen molar-refractivity contribution in [1.82, 2.24) is 24.6 Å². The molecule has 5 heteroatoms. The molecule has 2 aromatic heterocycles. The number of hydrogen-bond donors (Lipinski definition) is 0. The molecule has 0 spiro atoms. The second-order valence-corrected chi connectivity index (χ2v) is 7.82. The van der Waals surface area contributed by atoms with Crippen molar-refractivity contribution >= 4 is 16.5 Å². The SMILES string of the molecule is CN1CCN(Cc2cnc3c(c2)C(c2ccc4nn(C)cc4c2)=CC3)CC1. The summed E-state index contributed by atoms with van der Waals surface area (Å²) < 4.78 is 1.88. The van der Waals surface area contributed by atoms with Crippen LogP contribution < -0.4 is 0 Å². The Bertz CT molecular complexity index is 1020. The van der Waals surface area contributed by atoms with Crippen molar-refractivity contribution in [2.45, 2.75) is 13.0 Å². The Kier molecular flexibility index (Phi) is 4.06. The van der Waals surface area contributed by atoms with Crippen molar-refractivity contribution in [2.75, 3.05) is 33.2 Å². The maximum absolute atomic E-state index is 4.78. The molecule has 1 aliphatic carbocycles. The lowest BCUT2D eigenvalue weighted by Crippen LogP contribution is -2.43. The monoisotopic (exact) mass is 359 g/mol. The van der Waals surface area contributed by atoms with Crippen molar-refractivity contribution in [3.8, 4) is 0 Å². The summed E-state index contributed by atoms with van der Waals surface area (Å²) in [6, 6.07) is 8.90. The molecule has 0 N–H and O–H groups in total. The third-order valence-electron chi connectivity index (χ3n) is 5.75. The average molecular weight is 359 g/mol. The lowest BCUT2D eigenvalue weighted by atomic mass is 9.99. The Morgan fingerprint density at radius 3 is 2.74 bits per heavy atom. The van der Waals surface area contributed by atoms with Crippen molar-refractivity contribution in [1.29, 1.82) is 0 Å². The summed E-state index contributed by atoms with van der Waals surface area (Å²) in [5, 5.41) is 5.67. The summed E-state index contributed by atoms with van der Waals surface area (Å²) in [6.45, 7) is 5.55. The second-order valence-electron chi connectivity index (χ2n) is 7.82. The molecule has 0 unspecified atom stereocenters. The molecule has 1 fully saturated rings. The van der Waals surface area contributed by atoms with Crippen LogP contribution in [-0.4, -0.2) is 57.8 Å². The molecule has 3 aromatic rings. The maximum atomic E-state index is 4.78. The van der Waals surface area contributed by atoms with Gasteiger partial charge in [0.25, 0.3) is 0 Å². The molecule has 0 amide bonds. The number of rotatable bonds is 3. The van der Waals surface area contributed by atoms with Gasteiger partial charge in [-0.15, -0.1) is 0 Å². The second kappa shape index (κ2) is 6.59. The van der Waals surface area contributed by atoms with Crippen LogP contribution in [0.15, 0.2) is 42.7 Å². The standard InChI is InChI=1S/C22H25N5/c1-25-7-9-27(10-8-25)14-16-11-20-19(4-6-22(20)23-13-16)17-3-5-21-18(12-17)15-26(2)24-21/h3-5,11-13,15H,6-10,14H2,1-2H3. The largest absolute Gasteiger partial charge is 0.304 e. The van der Waals surface area contributed by atoms with E-state index in [0.717, 1.165) is 44.7 Å². The topological polar surface area (TPSA) is 37.2 Å². The van der Waals surface area contributed by atoms with E-state index >= 15 is 0 Å². The highest BCUT2D eigenvalue weighted by Gasteiger charge is 2.20. The Morgan fingerprint density at radius 2 is 1.89 bits per heavy atom. The van der Waals surface area contributed by atoms with E-state index < -0.39 is 0 Å². The van der Waals surface area contributed by atoms with Crippen LogP contribution in [0.1, 0.15) is 22.4 Å². The minimum Gasteiger partial charge on any atom is -0.304 e. The highest BCUT2D eigenvalue weighted by atomic mass is 15.2. The van der Waals surface area contributed by atoms with Crippen molar-refractivity contribution < 1.29 is 0 Å². The fraction of sp³-hybridized carbons (Fsp3) is 0.364. The molecule has 5 rings (SSSR count). The van der Waals surface area contributed by atoms with E-state index in [1.54, 1.807) is 0 Å². The van der Waals surface area contributed by atoms with E-state index in [0.29, 0.717) is 0 Å². The van der Waals surface area contributed by atoms with E-state index in [9.17, 15) is 0 Å². The van der Waals surface area contributed by atoms with E-state index in [1.807, 2.05) is 11.7 Å². The smallest absolute Gasteiger partial charge is 0.0923 e. The first-order valence-electron chi connectivity index (χ1n) is 9.69. The Balaban J connectivity index is 1.42. The number of piperazine rings is 1. The fourth-order valence-electron chi connectivity index (χ4n) is 4.18. The molecule has 3 heterocycles. The highest BCUT2D eigenvalue weighted by Crippen LogP contribution is 2.33. The quantitative estimate of drug-likeness (QED) is 0.721. The van der Waals surface area contributed by atoms with Crippen LogP contribution in [0.4, 0.5) is 0 Å². The summed E-state index contributed by atoms with van der Waals surface area (Å²) in [4.78, 5) is 9.70. The normalized spacial score (nSPS) is 18.1. The molecule has 27 heavy (non-hydrogen) atoms. The van der Waals surface area contributed by atoms with Gasteiger partial charge in [0.15, 0.2) is 0 Å². The van der Waals surface area contributed by atoms with Gasteiger partial charge in [0.05, 0.1) is 11.2 Å². The number of nitrogens with zero attached hydrogens (tertiary/aromatic N) is 5. The van der Waals surface area contributed by atoms with Gasteiger partial charge < -0.3 is 4.90 Å². The van der Waals surface area contributed by atoms with Gasteiger partial charge in [-0.1, -0.05) is 12.1 Å². The van der Waals surface area contributed by atoms with Gasteiger partial charge in [-0.25, -0.2) is 0 Å². The Morgan fingerprint density at radius 1 is 1.04 bits per heavy atom. The third-order valence-corrected chi connectivity index (χ3v) is 5.75. The van der Waals surface area contributed by atoms with Crippen LogP contribution in [0.5, 0.6) is 0 Å². The molecule has 1 aliphatic heterocycles. The van der Waals surface area contributed by atoms with Crippen LogP contribution in [0.25, 0.3) is 16.5 Å². The molecule has 0 atom stereocenters. The summed E-state index contributed by atoms with van der Waals surface area (Å²) in [6.07, 6.45) is 7.38. The average Bonchev–Trinajstić information content (AvgIpc) is 3.25. The number of fused-ring (bicyclic) bond motifs is 2. The predicted molar refractivity (Wildman–Crippen MR) is 109 cm³/mol. The first-order valence-corrected chi connectivity index (χ1v) is 9.69. The predicted octanol–water partition coefficient (Wildman–Crippen LogP) is 2.70. The molecule has 1 aromatic carbocycles. The first-order chi connectivity index (χ1) is 13.2. The summed E-state index contributed by atoms with van der Waals surface area (Å²) >= 11 is 0. The first kappa shape index (κ1) is 16.7. The van der Waals surface area contributed by atoms with Crippen LogP contribution in [0, 0.1) is 0 Å². The van der Waals surface area contributed by atoms with Crippen LogP contribution in [0.3, 0.4) is 0 Å². The van der Waals surface area contributed by atoms with Crippen molar-refractivity contribution in [3.63, 3.8) is 0 Å². The van der Waals surface area contributed by atoms with Crippen molar-refractivity contribution in [3.05, 3.63) is 65.1 Å². The van der Waals surface area contributed by atoms with Gasteiger partial charge in [-0.2, -0.15) is 5.10 Å². The van der Waals surface area contributed by atoms with Gasteiger partial charge in [0.2, 0.25) is 0 Å². The van der Waals surface area contributed by atoms with Gasteiger partial charge in [-0.3, -0.25) is 14.6 Å². The van der Waals surface area contributed by atoms with Crippen LogP contribution in [-0.2, 0) is 20.0 Å². The molecule has 5 nitrogen and oxygen atoms in total. The number of likely N-dealkylation sites (N-methyl/N-ethyl adjacent to an activating group) is 1. The molecule has 138 valence electrons. The zero-order chi connectivity index (χ0) is 18.4. The lowest BCUT2D eigenvalue weighted by Gasteiger charge is -2.32. The summed E-state index contributed by atoms with van der Waals surface area (Å²) in [7, 11) is 4.17. The fourth-order valence-corrected chi connectivity index (χ4v) is 4.18. The summed E-state index contributed by atoms with van der Waals surface area (Å²) in [5.74, 6) is 0. The molecule has 0 radical (unpaired) electrons. The minimum absolute atomic E-state index is 0.921. The molecule has 0 bridgehead atoms. The highest BCUT2D eigenvalue weighted by molar-refractivity contribution is 5.89. The minimum atomic E-state index is 0.921. The number of hydrogen-bond acceptors (Lipinski definition) is 4. The number of benzene rings is 1. The van der Waals surface area contributed by atoms with E-state index in [1.165, 1.54) is 33.3 Å². The Labute approximate surface area is 159 Å². The molecule has 0 saturated carbocycles. The summed E-state index contributed by atoms with van der Waals surface area (Å²) in [5.41, 5.74) is 7.41. The zero-order valence-corrected chi connectivity index (χ0v) is 16.0. The third kappa shape index (κ3) is 3.17. The van der Waals surface area contributed by atoms with Crippen molar-refractivity contribution in [2.24, 2.45) is 7.05 Å². The molecular weight excluding hydrogens is 334 g/mol. The maximum Gasteiger partial charge on any atom is 0.0923 e. The number of allylic oxidation sites excluding steroid dienone is 1. The molecule has 1 saturated heterocycles. The molecular formula is C22H25N5. The van der Waals surface area contributed by atoms with E-state index in [2.05, 4.69) is 64.7 Å². The van der Waals surface area contributed by atoms with Gasteiger partial charge >= 0.3 is 0 Å². The molecule has 2 aliphatic rings.